The molecular formula is C17H20ClN2O4+. The number of rotatable bonds is 2. The second-order valence-corrected chi connectivity index (χ2v) is 7.06. The first-order valence-corrected chi connectivity index (χ1v) is 8.79. The Balaban J connectivity index is 1.84. The van der Waals surface area contributed by atoms with Gasteiger partial charge < -0.3 is 9.47 Å². The minimum atomic E-state index is -0.492. The maximum Gasteiger partial charge on any atom is 0.313 e. The molecule has 7 heteroatoms. The first-order valence-electron chi connectivity index (χ1n) is 8.41. The monoisotopic (exact) mass is 351 g/mol. The summed E-state index contributed by atoms with van der Waals surface area (Å²) < 4.78 is 11.9. The van der Waals surface area contributed by atoms with E-state index in [1.165, 1.54) is 16.5 Å². The molecule has 1 aromatic rings. The predicted molar refractivity (Wildman–Crippen MR) is 89.4 cm³/mol. The molecule has 6 nitrogen and oxygen atoms in total. The number of ether oxygens (including phenoxy) is 2. The molecule has 3 aliphatic rings. The van der Waals surface area contributed by atoms with E-state index in [4.69, 9.17) is 21.1 Å². The first-order chi connectivity index (χ1) is 11.6. The minimum Gasteiger partial charge on any atom is -0.429 e. The number of nitro groups is 1. The first kappa shape index (κ1) is 15.9. The summed E-state index contributed by atoms with van der Waals surface area (Å²) >= 11 is 6.07. The summed E-state index contributed by atoms with van der Waals surface area (Å²) in [6.45, 7) is 3.11. The average molecular weight is 352 g/mol. The molecule has 4 rings (SSSR count). The number of hydrogen-bond donors (Lipinski definition) is 1. The van der Waals surface area contributed by atoms with Crippen molar-refractivity contribution in [1.29, 1.82) is 0 Å². The van der Waals surface area contributed by atoms with Crippen molar-refractivity contribution >= 4 is 23.4 Å². The van der Waals surface area contributed by atoms with Gasteiger partial charge in [0.15, 0.2) is 0 Å². The van der Waals surface area contributed by atoms with Crippen molar-refractivity contribution in [2.45, 2.75) is 31.4 Å². The molecule has 2 heterocycles. The average Bonchev–Trinajstić information content (AvgIpc) is 2.60. The molecule has 1 aromatic carbocycles. The van der Waals surface area contributed by atoms with Crippen molar-refractivity contribution in [3.8, 4) is 5.75 Å². The number of halogens is 1. The molecule has 1 aliphatic carbocycles. The Labute approximate surface area is 145 Å². The number of morpholine rings is 1. The van der Waals surface area contributed by atoms with Crippen molar-refractivity contribution in [3.05, 3.63) is 38.4 Å². The molecule has 128 valence electrons. The van der Waals surface area contributed by atoms with Crippen LogP contribution in [0.2, 0.25) is 5.02 Å². The van der Waals surface area contributed by atoms with Gasteiger partial charge in [0.2, 0.25) is 5.75 Å². The van der Waals surface area contributed by atoms with Crippen molar-refractivity contribution in [2.75, 3.05) is 26.3 Å². The van der Waals surface area contributed by atoms with Gasteiger partial charge in [0, 0.05) is 28.6 Å². The quantitative estimate of drug-likeness (QED) is 0.655. The summed E-state index contributed by atoms with van der Waals surface area (Å²) in [4.78, 5) is 12.4. The molecule has 0 radical (unpaired) electrons. The van der Waals surface area contributed by atoms with Crippen LogP contribution in [0.1, 0.15) is 31.2 Å². The molecule has 2 aliphatic heterocycles. The lowest BCUT2D eigenvalue weighted by Gasteiger charge is -2.47. The fourth-order valence-corrected chi connectivity index (χ4v) is 4.39. The Hall–Kier alpha value is -1.63. The fourth-order valence-electron chi connectivity index (χ4n) is 4.17. The summed E-state index contributed by atoms with van der Waals surface area (Å²) in [6.07, 6.45) is 6.11. The van der Waals surface area contributed by atoms with Crippen molar-refractivity contribution in [1.82, 2.24) is 0 Å². The smallest absolute Gasteiger partial charge is 0.313 e. The van der Waals surface area contributed by atoms with E-state index < -0.39 is 10.6 Å². The maximum absolute atomic E-state index is 11.5. The van der Waals surface area contributed by atoms with E-state index in [1.807, 2.05) is 0 Å². The van der Waals surface area contributed by atoms with Gasteiger partial charge in [0.25, 0.3) is 5.72 Å². The van der Waals surface area contributed by atoms with Crippen molar-refractivity contribution in [3.63, 3.8) is 0 Å². The van der Waals surface area contributed by atoms with Gasteiger partial charge in [-0.3, -0.25) is 15.0 Å². The SMILES string of the molecule is O=[N+]([O-])c1cc(Cl)cc2c1O[C@@]1([NH+]3CCOCC3)CCCCC1=C2. The summed E-state index contributed by atoms with van der Waals surface area (Å²) in [5, 5.41) is 11.8. The third-order valence-electron chi connectivity index (χ3n) is 5.28. The Morgan fingerprint density at radius 2 is 2.04 bits per heavy atom. The molecule has 0 spiro atoms. The van der Waals surface area contributed by atoms with E-state index in [9.17, 15) is 10.1 Å². The summed E-state index contributed by atoms with van der Waals surface area (Å²) in [6, 6.07) is 3.13. The van der Waals surface area contributed by atoms with Crippen LogP contribution in [0.3, 0.4) is 0 Å². The van der Waals surface area contributed by atoms with E-state index >= 15 is 0 Å². The lowest BCUT2D eigenvalue weighted by atomic mass is 9.82. The van der Waals surface area contributed by atoms with Crippen LogP contribution in [0.4, 0.5) is 5.69 Å². The lowest BCUT2D eigenvalue weighted by Crippen LogP contribution is -3.23. The van der Waals surface area contributed by atoms with Crippen LogP contribution >= 0.6 is 11.6 Å². The van der Waals surface area contributed by atoms with Gasteiger partial charge in [-0.1, -0.05) is 11.6 Å². The Morgan fingerprint density at radius 1 is 1.25 bits per heavy atom. The summed E-state index contributed by atoms with van der Waals surface area (Å²) in [5.41, 5.74) is 1.41. The van der Waals surface area contributed by atoms with Gasteiger partial charge in [0.1, 0.15) is 13.1 Å². The summed E-state index contributed by atoms with van der Waals surface area (Å²) in [7, 11) is 0. The third-order valence-corrected chi connectivity index (χ3v) is 5.49. The van der Waals surface area contributed by atoms with Crippen LogP contribution in [-0.4, -0.2) is 37.0 Å². The molecule has 1 saturated carbocycles. The number of nitrogens with zero attached hydrogens (tertiary/aromatic N) is 1. The van der Waals surface area contributed by atoms with Crippen LogP contribution in [0.5, 0.6) is 5.75 Å². The molecule has 24 heavy (non-hydrogen) atoms. The standard InChI is InChI=1S/C17H19ClN2O4/c18-14-10-12-9-13-3-1-2-4-17(13,19-5-7-23-8-6-19)24-16(12)15(11-14)20(21)22/h9-11H,1-8H2/p+1/t17-/m0/s1. The molecule has 2 fully saturated rings. The number of quaternary nitrogens is 1. The highest BCUT2D eigenvalue weighted by molar-refractivity contribution is 6.31. The van der Waals surface area contributed by atoms with Gasteiger partial charge >= 0.3 is 5.69 Å². The zero-order valence-electron chi connectivity index (χ0n) is 13.3. The van der Waals surface area contributed by atoms with E-state index in [0.29, 0.717) is 24.0 Å². The Kier molecular flexibility index (Phi) is 3.98. The second kappa shape index (κ2) is 6.02. The molecule has 0 bridgehead atoms. The van der Waals surface area contributed by atoms with Gasteiger partial charge in [-0.25, -0.2) is 0 Å². The summed E-state index contributed by atoms with van der Waals surface area (Å²) in [5.74, 6) is 0.356. The van der Waals surface area contributed by atoms with E-state index in [-0.39, 0.29) is 5.69 Å². The number of nitrogens with one attached hydrogen (secondary N) is 1. The zero-order chi connectivity index (χ0) is 16.7. The number of nitro benzene ring substituents is 1. The molecule has 0 unspecified atom stereocenters. The zero-order valence-corrected chi connectivity index (χ0v) is 14.1. The van der Waals surface area contributed by atoms with Crippen LogP contribution in [-0.2, 0) is 4.74 Å². The van der Waals surface area contributed by atoms with Crippen molar-refractivity contribution in [2.24, 2.45) is 0 Å². The number of hydrogen-bond acceptors (Lipinski definition) is 4. The maximum atomic E-state index is 11.5. The van der Waals surface area contributed by atoms with E-state index in [1.54, 1.807) is 6.07 Å². The Bertz CT molecular complexity index is 715. The number of fused-ring (bicyclic) bond motifs is 2. The van der Waals surface area contributed by atoms with Crippen LogP contribution in [0.15, 0.2) is 17.7 Å². The highest BCUT2D eigenvalue weighted by Gasteiger charge is 2.51. The van der Waals surface area contributed by atoms with Gasteiger partial charge in [-0.15, -0.1) is 0 Å². The minimum absolute atomic E-state index is 0.0505. The van der Waals surface area contributed by atoms with Gasteiger partial charge in [-0.2, -0.15) is 0 Å². The predicted octanol–water partition coefficient (Wildman–Crippen LogP) is 2.21. The van der Waals surface area contributed by atoms with Gasteiger partial charge in [0.05, 0.1) is 18.1 Å². The molecule has 1 saturated heterocycles. The van der Waals surface area contributed by atoms with E-state index in [0.717, 1.165) is 44.3 Å². The molecular weight excluding hydrogens is 332 g/mol. The van der Waals surface area contributed by atoms with Crippen LogP contribution < -0.4 is 9.64 Å². The van der Waals surface area contributed by atoms with Gasteiger partial charge in [-0.05, 0) is 31.4 Å². The third kappa shape index (κ3) is 2.49. The Morgan fingerprint density at radius 3 is 2.79 bits per heavy atom. The molecule has 1 N–H and O–H groups in total. The number of benzene rings is 1. The lowest BCUT2D eigenvalue weighted by molar-refractivity contribution is -0.975. The fraction of sp³-hybridized carbons (Fsp3) is 0.529. The molecule has 0 amide bonds. The highest BCUT2D eigenvalue weighted by Crippen LogP contribution is 2.45. The van der Waals surface area contributed by atoms with E-state index in [2.05, 4.69) is 6.08 Å². The second-order valence-electron chi connectivity index (χ2n) is 6.62. The van der Waals surface area contributed by atoms with Crippen LogP contribution in [0.25, 0.3) is 6.08 Å². The van der Waals surface area contributed by atoms with Crippen molar-refractivity contribution < 1.29 is 19.3 Å². The normalized spacial score (nSPS) is 26.8. The highest BCUT2D eigenvalue weighted by atomic mass is 35.5. The largest absolute Gasteiger partial charge is 0.429 e. The topological polar surface area (TPSA) is 66.0 Å². The molecule has 0 aromatic heterocycles. The molecule has 1 atom stereocenters. The van der Waals surface area contributed by atoms with Crippen LogP contribution in [0, 0.1) is 10.1 Å².